The average Bonchev–Trinajstić information content (AvgIpc) is 3.10. The van der Waals surface area contributed by atoms with Crippen LogP contribution in [0.25, 0.3) is 0 Å². The van der Waals surface area contributed by atoms with Gasteiger partial charge in [0.25, 0.3) is 0 Å². The van der Waals surface area contributed by atoms with Crippen molar-refractivity contribution in [3.8, 4) is 5.75 Å². The summed E-state index contributed by atoms with van der Waals surface area (Å²) in [5.41, 5.74) is 1.22. The normalized spacial score (nSPS) is 14.4. The Balaban J connectivity index is 1.66. The van der Waals surface area contributed by atoms with E-state index in [9.17, 15) is 14.0 Å². The van der Waals surface area contributed by atoms with Crippen LogP contribution >= 0.6 is 0 Å². The van der Waals surface area contributed by atoms with Crippen molar-refractivity contribution in [2.45, 2.75) is 51.8 Å². The van der Waals surface area contributed by atoms with Gasteiger partial charge in [0, 0.05) is 17.8 Å². The molecule has 26 heavy (non-hydrogen) atoms. The number of benzene rings is 1. The minimum absolute atomic E-state index is 0.0619. The smallest absolute Gasteiger partial charge is 0.240 e. The number of halogens is 1. The zero-order valence-electron chi connectivity index (χ0n) is 14.8. The van der Waals surface area contributed by atoms with Crippen LogP contribution in [0.2, 0.25) is 0 Å². The largest absolute Gasteiger partial charge is 0.483 e. The summed E-state index contributed by atoms with van der Waals surface area (Å²) < 4.78 is 20.2. The van der Waals surface area contributed by atoms with E-state index < -0.39 is 0 Å². The van der Waals surface area contributed by atoms with Gasteiger partial charge in [0.05, 0.1) is 6.20 Å². The van der Waals surface area contributed by atoms with Crippen molar-refractivity contribution in [1.29, 1.82) is 0 Å². The molecular formula is C20H23FN2O3. The van der Waals surface area contributed by atoms with Crippen LogP contribution in [-0.2, 0) is 17.9 Å². The summed E-state index contributed by atoms with van der Waals surface area (Å²) in [5, 5.41) is 3.04. The van der Waals surface area contributed by atoms with E-state index in [2.05, 4.69) is 5.32 Å². The van der Waals surface area contributed by atoms with E-state index >= 15 is 0 Å². The van der Waals surface area contributed by atoms with E-state index in [1.165, 1.54) is 18.2 Å². The van der Waals surface area contributed by atoms with Gasteiger partial charge in [-0.05, 0) is 37.5 Å². The number of hydrogen-bond donors (Lipinski definition) is 1. The SMILES string of the molecule is Cc1cc(=O)c(OCc2ccc(F)cc2)cn1CC(=O)NC1CCCC1. The highest BCUT2D eigenvalue weighted by Crippen LogP contribution is 2.17. The number of carbonyl (C=O) groups is 1. The Morgan fingerprint density at radius 2 is 1.96 bits per heavy atom. The topological polar surface area (TPSA) is 60.3 Å². The van der Waals surface area contributed by atoms with E-state index in [1.54, 1.807) is 29.8 Å². The second kappa shape index (κ2) is 8.17. The molecule has 1 aromatic heterocycles. The number of nitrogens with zero attached hydrogens (tertiary/aromatic N) is 1. The number of pyridine rings is 1. The van der Waals surface area contributed by atoms with Crippen LogP contribution in [0.15, 0.2) is 41.3 Å². The van der Waals surface area contributed by atoms with Crippen molar-refractivity contribution in [1.82, 2.24) is 9.88 Å². The second-order valence-electron chi connectivity index (χ2n) is 6.74. The molecule has 5 nitrogen and oxygen atoms in total. The van der Waals surface area contributed by atoms with Crippen LogP contribution < -0.4 is 15.5 Å². The van der Waals surface area contributed by atoms with E-state index in [0.717, 1.165) is 31.2 Å². The number of amides is 1. The number of ether oxygens (including phenoxy) is 1. The van der Waals surface area contributed by atoms with Gasteiger partial charge in [0.15, 0.2) is 5.75 Å². The number of nitrogens with one attached hydrogen (secondary N) is 1. The predicted octanol–water partition coefficient (Wildman–Crippen LogP) is 2.93. The first-order valence-electron chi connectivity index (χ1n) is 8.89. The van der Waals surface area contributed by atoms with Crippen LogP contribution in [0.1, 0.15) is 36.9 Å². The van der Waals surface area contributed by atoms with Gasteiger partial charge in [-0.25, -0.2) is 4.39 Å². The molecule has 1 aliphatic rings. The molecule has 1 aliphatic carbocycles. The van der Waals surface area contributed by atoms with Crippen molar-refractivity contribution in [2.75, 3.05) is 0 Å². The first-order valence-corrected chi connectivity index (χ1v) is 8.89. The molecule has 3 rings (SSSR count). The van der Waals surface area contributed by atoms with Crippen LogP contribution in [-0.4, -0.2) is 16.5 Å². The van der Waals surface area contributed by atoms with Crippen molar-refractivity contribution < 1.29 is 13.9 Å². The van der Waals surface area contributed by atoms with E-state index in [1.807, 2.05) is 0 Å². The Morgan fingerprint density at radius 3 is 2.65 bits per heavy atom. The molecular weight excluding hydrogens is 335 g/mol. The molecule has 0 unspecified atom stereocenters. The Bertz CT molecular complexity index is 824. The molecule has 0 aliphatic heterocycles. The maximum absolute atomic E-state index is 12.9. The minimum Gasteiger partial charge on any atom is -0.483 e. The quantitative estimate of drug-likeness (QED) is 0.864. The molecule has 0 radical (unpaired) electrons. The molecule has 2 aromatic rings. The summed E-state index contributed by atoms with van der Waals surface area (Å²) in [5.74, 6) is -0.207. The lowest BCUT2D eigenvalue weighted by atomic mass is 10.2. The molecule has 1 heterocycles. The van der Waals surface area contributed by atoms with E-state index in [0.29, 0.717) is 5.69 Å². The zero-order chi connectivity index (χ0) is 18.5. The summed E-state index contributed by atoms with van der Waals surface area (Å²) in [6, 6.07) is 7.63. The molecule has 0 bridgehead atoms. The third kappa shape index (κ3) is 4.71. The van der Waals surface area contributed by atoms with E-state index in [-0.39, 0.29) is 42.1 Å². The first-order chi connectivity index (χ1) is 12.5. The second-order valence-corrected chi connectivity index (χ2v) is 6.74. The average molecular weight is 358 g/mol. The lowest BCUT2D eigenvalue weighted by molar-refractivity contribution is -0.122. The standard InChI is InChI=1S/C20H23FN2O3/c1-14-10-18(24)19(26-13-15-6-8-16(21)9-7-15)11-23(14)12-20(25)22-17-4-2-3-5-17/h6-11,17H,2-5,12-13H2,1H3,(H,22,25). The fraction of sp³-hybridized carbons (Fsp3) is 0.400. The number of carbonyl (C=O) groups excluding carboxylic acids is 1. The molecule has 0 saturated heterocycles. The summed E-state index contributed by atoms with van der Waals surface area (Å²) in [7, 11) is 0. The lowest BCUT2D eigenvalue weighted by Gasteiger charge is -2.16. The molecule has 1 saturated carbocycles. The van der Waals surface area contributed by atoms with Gasteiger partial charge < -0.3 is 14.6 Å². The Labute approximate surface area is 151 Å². The van der Waals surface area contributed by atoms with Gasteiger partial charge in [-0.3, -0.25) is 9.59 Å². The third-order valence-corrected chi connectivity index (χ3v) is 4.65. The number of aromatic nitrogens is 1. The molecule has 1 N–H and O–H groups in total. The maximum Gasteiger partial charge on any atom is 0.240 e. The highest BCUT2D eigenvalue weighted by Gasteiger charge is 2.17. The van der Waals surface area contributed by atoms with Gasteiger partial charge in [0.1, 0.15) is 19.0 Å². The summed E-state index contributed by atoms with van der Waals surface area (Å²) in [6.45, 7) is 2.09. The maximum atomic E-state index is 12.9. The van der Waals surface area contributed by atoms with Gasteiger partial charge in [0.2, 0.25) is 11.3 Å². The van der Waals surface area contributed by atoms with Crippen molar-refractivity contribution >= 4 is 5.91 Å². The van der Waals surface area contributed by atoms with E-state index in [4.69, 9.17) is 4.74 Å². The monoisotopic (exact) mass is 358 g/mol. The number of aryl methyl sites for hydroxylation is 1. The van der Waals surface area contributed by atoms with Crippen LogP contribution in [0.4, 0.5) is 4.39 Å². The summed E-state index contributed by atoms with van der Waals surface area (Å²) >= 11 is 0. The molecule has 6 heteroatoms. The van der Waals surface area contributed by atoms with Gasteiger partial charge in [-0.15, -0.1) is 0 Å². The summed E-state index contributed by atoms with van der Waals surface area (Å²) in [6.07, 6.45) is 5.93. The molecule has 138 valence electrons. The molecule has 0 atom stereocenters. The lowest BCUT2D eigenvalue weighted by Crippen LogP contribution is -2.35. The van der Waals surface area contributed by atoms with Crippen molar-refractivity contribution in [3.05, 3.63) is 63.8 Å². The third-order valence-electron chi connectivity index (χ3n) is 4.65. The molecule has 0 spiro atoms. The van der Waals surface area contributed by atoms with Crippen molar-refractivity contribution in [2.24, 2.45) is 0 Å². The fourth-order valence-corrected chi connectivity index (χ4v) is 3.17. The van der Waals surface area contributed by atoms with Crippen LogP contribution in [0.3, 0.4) is 0 Å². The van der Waals surface area contributed by atoms with Crippen LogP contribution in [0, 0.1) is 12.7 Å². The highest BCUT2D eigenvalue weighted by molar-refractivity contribution is 5.76. The van der Waals surface area contributed by atoms with Crippen molar-refractivity contribution in [3.63, 3.8) is 0 Å². The van der Waals surface area contributed by atoms with Crippen LogP contribution in [0.5, 0.6) is 5.75 Å². The number of hydrogen-bond acceptors (Lipinski definition) is 3. The Hall–Kier alpha value is -2.63. The van der Waals surface area contributed by atoms with Gasteiger partial charge in [-0.2, -0.15) is 0 Å². The zero-order valence-corrected chi connectivity index (χ0v) is 14.8. The number of rotatable bonds is 6. The molecule has 1 aromatic carbocycles. The van der Waals surface area contributed by atoms with Gasteiger partial charge >= 0.3 is 0 Å². The molecule has 1 fully saturated rings. The fourth-order valence-electron chi connectivity index (χ4n) is 3.17. The molecule has 1 amide bonds. The first kappa shape index (κ1) is 18.2. The van der Waals surface area contributed by atoms with Gasteiger partial charge in [-0.1, -0.05) is 25.0 Å². The minimum atomic E-state index is -0.320. The predicted molar refractivity (Wildman–Crippen MR) is 96.6 cm³/mol. The Kier molecular flexibility index (Phi) is 5.71. The Morgan fingerprint density at radius 1 is 1.27 bits per heavy atom. The summed E-state index contributed by atoms with van der Waals surface area (Å²) in [4.78, 5) is 24.4. The highest BCUT2D eigenvalue weighted by atomic mass is 19.1.